The number of nitrogens with zero attached hydrogens (tertiary/aromatic N) is 5. The van der Waals surface area contributed by atoms with Gasteiger partial charge in [-0.15, -0.1) is 0 Å². The number of fused-ring (bicyclic) bond motifs is 1. The van der Waals surface area contributed by atoms with Crippen molar-refractivity contribution in [2.24, 2.45) is 12.5 Å². The Balaban J connectivity index is 1.39. The molecular formula is C27H33N5O2S. The van der Waals surface area contributed by atoms with Crippen molar-refractivity contribution in [3.63, 3.8) is 0 Å². The zero-order valence-corrected chi connectivity index (χ0v) is 21.9. The van der Waals surface area contributed by atoms with Crippen LogP contribution in [0.4, 0.5) is 0 Å². The fraction of sp³-hybridized carbons (Fsp3) is 0.444. The van der Waals surface area contributed by atoms with E-state index in [1.165, 1.54) is 0 Å². The van der Waals surface area contributed by atoms with Crippen LogP contribution in [0.25, 0.3) is 22.4 Å². The van der Waals surface area contributed by atoms with Crippen LogP contribution in [0.1, 0.15) is 51.0 Å². The minimum Gasteiger partial charge on any atom is -0.360 e. The molecule has 7 nitrogen and oxygen atoms in total. The Morgan fingerprint density at radius 3 is 2.66 bits per heavy atom. The Kier molecular flexibility index (Phi) is 6.36. The molecule has 1 fully saturated rings. The van der Waals surface area contributed by atoms with E-state index in [2.05, 4.69) is 54.5 Å². The molecule has 1 atom stereocenters. The summed E-state index contributed by atoms with van der Waals surface area (Å²) < 4.78 is 11.5. The highest BCUT2D eigenvalue weighted by molar-refractivity contribution is 7.97. The Labute approximate surface area is 210 Å². The second kappa shape index (κ2) is 9.32. The van der Waals surface area contributed by atoms with E-state index in [0.717, 1.165) is 64.7 Å². The summed E-state index contributed by atoms with van der Waals surface area (Å²) >= 11 is 1.73. The van der Waals surface area contributed by atoms with Crippen molar-refractivity contribution in [3.05, 3.63) is 64.4 Å². The van der Waals surface area contributed by atoms with E-state index in [9.17, 15) is 4.79 Å². The first-order valence-electron chi connectivity index (χ1n) is 12.2. The van der Waals surface area contributed by atoms with Crippen molar-refractivity contribution in [1.29, 1.82) is 0 Å². The number of rotatable bonds is 5. The maximum Gasteiger partial charge on any atom is 0.330 e. The average molecular weight is 492 g/mol. The molecule has 1 unspecified atom stereocenters. The van der Waals surface area contributed by atoms with Gasteiger partial charge < -0.3 is 4.52 Å². The van der Waals surface area contributed by atoms with E-state index < -0.39 is 0 Å². The van der Waals surface area contributed by atoms with Crippen LogP contribution >= 0.6 is 11.9 Å². The number of hydrogen-bond acceptors (Lipinski definition) is 6. The molecule has 4 heterocycles. The van der Waals surface area contributed by atoms with E-state index in [1.807, 2.05) is 36.7 Å². The van der Waals surface area contributed by atoms with Gasteiger partial charge in [0.25, 0.3) is 0 Å². The quantitative estimate of drug-likeness (QED) is 0.337. The van der Waals surface area contributed by atoms with Crippen molar-refractivity contribution in [3.8, 4) is 11.3 Å². The molecule has 0 radical (unpaired) electrons. The van der Waals surface area contributed by atoms with Crippen LogP contribution in [0.3, 0.4) is 0 Å². The molecule has 0 spiro atoms. The van der Waals surface area contributed by atoms with Crippen molar-refractivity contribution in [2.75, 3.05) is 13.1 Å². The number of aromatic nitrogens is 4. The molecule has 0 aliphatic carbocycles. The van der Waals surface area contributed by atoms with Gasteiger partial charge in [0.1, 0.15) is 11.5 Å². The monoisotopic (exact) mass is 491 g/mol. The lowest BCUT2D eigenvalue weighted by Crippen LogP contribution is -2.29. The largest absolute Gasteiger partial charge is 0.360 e. The molecule has 184 valence electrons. The van der Waals surface area contributed by atoms with Gasteiger partial charge in [0, 0.05) is 43.9 Å². The summed E-state index contributed by atoms with van der Waals surface area (Å²) in [6, 6.07) is 14.4. The molecule has 3 aromatic heterocycles. The summed E-state index contributed by atoms with van der Waals surface area (Å²) in [7, 11) is 1.82. The number of benzene rings is 1. The number of aryl methyl sites for hydroxylation is 2. The molecule has 0 bridgehead atoms. The van der Waals surface area contributed by atoms with Crippen molar-refractivity contribution < 1.29 is 4.52 Å². The van der Waals surface area contributed by atoms with Gasteiger partial charge in [-0.05, 0) is 49.3 Å². The Morgan fingerprint density at radius 1 is 1.14 bits per heavy atom. The van der Waals surface area contributed by atoms with Crippen LogP contribution < -0.4 is 5.69 Å². The normalized spacial score (nSPS) is 17.3. The second-order valence-electron chi connectivity index (χ2n) is 10.7. The summed E-state index contributed by atoms with van der Waals surface area (Å²) in [6.45, 7) is 11.0. The van der Waals surface area contributed by atoms with Gasteiger partial charge in [-0.25, -0.2) is 14.1 Å². The first kappa shape index (κ1) is 23.9. The third-order valence-electron chi connectivity index (χ3n) is 6.51. The number of pyridine rings is 1. The van der Waals surface area contributed by atoms with Gasteiger partial charge in [-0.2, -0.15) is 0 Å². The minimum absolute atomic E-state index is 0.00299. The van der Waals surface area contributed by atoms with Crippen LogP contribution in [-0.4, -0.2) is 36.7 Å². The van der Waals surface area contributed by atoms with Crippen LogP contribution in [0, 0.1) is 12.3 Å². The second-order valence-corrected chi connectivity index (χ2v) is 11.8. The summed E-state index contributed by atoms with van der Waals surface area (Å²) in [5.74, 6) is 1.15. The van der Waals surface area contributed by atoms with E-state index in [1.54, 1.807) is 16.5 Å². The first-order chi connectivity index (χ1) is 16.7. The molecule has 5 rings (SSSR count). The Morgan fingerprint density at radius 2 is 1.91 bits per heavy atom. The molecule has 1 aromatic carbocycles. The highest BCUT2D eigenvalue weighted by atomic mass is 32.2. The smallest absolute Gasteiger partial charge is 0.330 e. The summed E-state index contributed by atoms with van der Waals surface area (Å²) in [5.41, 5.74) is 4.69. The molecule has 1 saturated heterocycles. The van der Waals surface area contributed by atoms with E-state index in [-0.39, 0.29) is 11.1 Å². The lowest BCUT2D eigenvalue weighted by molar-refractivity contribution is 0.338. The highest BCUT2D eigenvalue weighted by Gasteiger charge is 2.27. The maximum absolute atomic E-state index is 12.9. The molecule has 0 amide bonds. The first-order valence-corrected chi connectivity index (χ1v) is 13.0. The summed E-state index contributed by atoms with van der Waals surface area (Å²) in [5, 5.41) is 4.34. The highest BCUT2D eigenvalue weighted by Crippen LogP contribution is 2.39. The molecule has 1 aliphatic rings. The van der Waals surface area contributed by atoms with Gasteiger partial charge >= 0.3 is 5.69 Å². The predicted molar refractivity (Wildman–Crippen MR) is 141 cm³/mol. The number of imidazole rings is 1. The average Bonchev–Trinajstić information content (AvgIpc) is 3.31. The molecule has 1 aliphatic heterocycles. The maximum atomic E-state index is 12.9. The SMILES string of the molecule is Cc1onc(-c2ccccc2)c1SN1CCCC(c2ccc3c(n2)n(C)c(=O)n3CC(C)(C)C)C1. The predicted octanol–water partition coefficient (Wildman–Crippen LogP) is 5.63. The molecule has 0 saturated carbocycles. The van der Waals surface area contributed by atoms with Gasteiger partial charge in [-0.3, -0.25) is 9.13 Å². The van der Waals surface area contributed by atoms with Crippen LogP contribution in [0.5, 0.6) is 0 Å². The van der Waals surface area contributed by atoms with Crippen molar-refractivity contribution >= 4 is 23.1 Å². The standard InChI is InChI=1S/C27H33N5O2S/c1-18-24(23(29-34-18)19-10-7-6-8-11-19)35-31-15-9-12-20(16-31)21-13-14-22-25(28-21)30(5)26(33)32(22)17-27(2,3)4/h6-8,10-11,13-14,20H,9,12,15-17H2,1-5H3. The molecular weight excluding hydrogens is 458 g/mol. The minimum atomic E-state index is -0.00299. The van der Waals surface area contributed by atoms with Gasteiger partial charge in [0.15, 0.2) is 5.65 Å². The van der Waals surface area contributed by atoms with Crippen LogP contribution in [0.15, 0.2) is 56.7 Å². The molecule has 0 N–H and O–H groups in total. The van der Waals surface area contributed by atoms with Gasteiger partial charge in [-0.1, -0.05) is 56.3 Å². The fourth-order valence-electron chi connectivity index (χ4n) is 4.79. The van der Waals surface area contributed by atoms with E-state index in [0.29, 0.717) is 12.5 Å². The van der Waals surface area contributed by atoms with Crippen molar-refractivity contribution in [2.45, 2.75) is 57.9 Å². The lowest BCUT2D eigenvalue weighted by Gasteiger charge is -2.31. The number of piperidine rings is 1. The molecule has 8 heteroatoms. The topological polar surface area (TPSA) is 69.1 Å². The van der Waals surface area contributed by atoms with Gasteiger partial charge in [0.05, 0.1) is 10.4 Å². The Bertz CT molecular complexity index is 1400. The van der Waals surface area contributed by atoms with E-state index >= 15 is 0 Å². The molecule has 4 aromatic rings. The summed E-state index contributed by atoms with van der Waals surface area (Å²) in [4.78, 5) is 19.0. The van der Waals surface area contributed by atoms with Crippen LogP contribution in [-0.2, 0) is 13.6 Å². The summed E-state index contributed by atoms with van der Waals surface area (Å²) in [6.07, 6.45) is 2.17. The fourth-order valence-corrected chi connectivity index (χ4v) is 5.93. The van der Waals surface area contributed by atoms with E-state index in [4.69, 9.17) is 9.51 Å². The zero-order valence-electron chi connectivity index (χ0n) is 21.1. The number of hydrogen-bond donors (Lipinski definition) is 0. The third-order valence-corrected chi connectivity index (χ3v) is 7.77. The van der Waals surface area contributed by atoms with Gasteiger partial charge in [0.2, 0.25) is 0 Å². The van der Waals surface area contributed by atoms with Crippen LogP contribution in [0.2, 0.25) is 0 Å². The van der Waals surface area contributed by atoms with Crippen molar-refractivity contribution in [1.82, 2.24) is 23.6 Å². The third kappa shape index (κ3) is 4.82. The Hall–Kier alpha value is -2.84. The zero-order chi connectivity index (χ0) is 24.7. The molecule has 35 heavy (non-hydrogen) atoms. The lowest BCUT2D eigenvalue weighted by atomic mass is 9.95.